The molecule has 1 amide bonds. The monoisotopic (exact) mass is 231 g/mol. The van der Waals surface area contributed by atoms with Gasteiger partial charge >= 0.3 is 0 Å². The highest BCUT2D eigenvalue weighted by Crippen LogP contribution is 2.22. The summed E-state index contributed by atoms with van der Waals surface area (Å²) in [4.78, 5) is 11.4. The molecule has 0 heterocycles. The molecule has 15 heavy (non-hydrogen) atoms. The number of carbonyl (C=O) groups excluding carboxylic acids is 1. The first-order valence-corrected chi connectivity index (χ1v) is 4.91. The van der Waals surface area contributed by atoms with Crippen molar-refractivity contribution in [3.05, 3.63) is 34.4 Å². The standard InChI is InChI=1S/C10H8ClF2NO/c11-7-4-8(12)6(3-9(7)13)10(15)14-5-1-2-5/h3-5H,1-2H2,(H,14,15). The quantitative estimate of drug-likeness (QED) is 0.779. The number of hydrogen-bond donors (Lipinski definition) is 1. The highest BCUT2D eigenvalue weighted by Gasteiger charge is 2.25. The number of hydrogen-bond acceptors (Lipinski definition) is 1. The van der Waals surface area contributed by atoms with Crippen LogP contribution in [0.15, 0.2) is 12.1 Å². The lowest BCUT2D eigenvalue weighted by Crippen LogP contribution is -2.26. The Hall–Kier alpha value is -1.16. The van der Waals surface area contributed by atoms with Crippen molar-refractivity contribution in [1.82, 2.24) is 5.32 Å². The van der Waals surface area contributed by atoms with E-state index in [1.54, 1.807) is 0 Å². The first-order chi connectivity index (χ1) is 7.08. The van der Waals surface area contributed by atoms with Crippen molar-refractivity contribution in [3.8, 4) is 0 Å². The maximum Gasteiger partial charge on any atom is 0.254 e. The Labute approximate surface area is 90.2 Å². The third-order valence-corrected chi connectivity index (χ3v) is 2.46. The molecule has 0 atom stereocenters. The molecule has 1 aliphatic carbocycles. The van der Waals surface area contributed by atoms with Crippen LogP contribution in [-0.4, -0.2) is 11.9 Å². The van der Waals surface area contributed by atoms with E-state index in [-0.39, 0.29) is 16.6 Å². The minimum absolute atomic E-state index is 0.107. The Bertz CT molecular complexity index is 418. The van der Waals surface area contributed by atoms with Crippen molar-refractivity contribution in [2.24, 2.45) is 0 Å². The molecule has 1 saturated carbocycles. The van der Waals surface area contributed by atoms with Gasteiger partial charge in [0.25, 0.3) is 5.91 Å². The van der Waals surface area contributed by atoms with Crippen LogP contribution in [0.3, 0.4) is 0 Å². The van der Waals surface area contributed by atoms with Gasteiger partial charge in [0.2, 0.25) is 0 Å². The molecule has 0 saturated heterocycles. The molecular weight excluding hydrogens is 224 g/mol. The van der Waals surface area contributed by atoms with E-state index < -0.39 is 17.5 Å². The Morgan fingerprint density at radius 1 is 1.33 bits per heavy atom. The number of benzene rings is 1. The van der Waals surface area contributed by atoms with Crippen LogP contribution in [0.4, 0.5) is 8.78 Å². The third-order valence-electron chi connectivity index (χ3n) is 2.17. The highest BCUT2D eigenvalue weighted by molar-refractivity contribution is 6.30. The molecule has 2 rings (SSSR count). The molecule has 2 nitrogen and oxygen atoms in total. The van der Waals surface area contributed by atoms with E-state index in [1.165, 1.54) is 0 Å². The van der Waals surface area contributed by atoms with Crippen LogP contribution >= 0.6 is 11.6 Å². The lowest BCUT2D eigenvalue weighted by Gasteiger charge is -2.05. The normalized spacial score (nSPS) is 15.1. The molecule has 0 unspecified atom stereocenters. The summed E-state index contributed by atoms with van der Waals surface area (Å²) in [7, 11) is 0. The molecule has 0 spiro atoms. The fourth-order valence-electron chi connectivity index (χ4n) is 1.19. The van der Waals surface area contributed by atoms with Gasteiger partial charge in [-0.2, -0.15) is 0 Å². The second-order valence-electron chi connectivity index (χ2n) is 3.49. The van der Waals surface area contributed by atoms with Gasteiger partial charge in [0.15, 0.2) is 0 Å². The zero-order valence-electron chi connectivity index (χ0n) is 7.69. The van der Waals surface area contributed by atoms with E-state index in [4.69, 9.17) is 11.6 Å². The van der Waals surface area contributed by atoms with Gasteiger partial charge in [-0.05, 0) is 25.0 Å². The van der Waals surface area contributed by atoms with Gasteiger partial charge in [-0.25, -0.2) is 8.78 Å². The van der Waals surface area contributed by atoms with E-state index >= 15 is 0 Å². The molecule has 1 fully saturated rings. The van der Waals surface area contributed by atoms with Gasteiger partial charge in [0.05, 0.1) is 10.6 Å². The summed E-state index contributed by atoms with van der Waals surface area (Å²) in [5.74, 6) is -2.19. The number of rotatable bonds is 2. The summed E-state index contributed by atoms with van der Waals surface area (Å²) in [6.07, 6.45) is 1.78. The first-order valence-electron chi connectivity index (χ1n) is 4.53. The molecule has 0 aliphatic heterocycles. The summed E-state index contributed by atoms with van der Waals surface area (Å²) in [6, 6.07) is 1.73. The summed E-state index contributed by atoms with van der Waals surface area (Å²) in [5.41, 5.74) is -0.302. The number of halogens is 3. The van der Waals surface area contributed by atoms with Gasteiger partial charge in [-0.3, -0.25) is 4.79 Å². The summed E-state index contributed by atoms with van der Waals surface area (Å²) in [6.45, 7) is 0. The van der Waals surface area contributed by atoms with Gasteiger partial charge < -0.3 is 5.32 Å². The van der Waals surface area contributed by atoms with E-state index in [0.29, 0.717) is 0 Å². The summed E-state index contributed by atoms with van der Waals surface area (Å²) in [5, 5.41) is 2.25. The Morgan fingerprint density at radius 3 is 2.60 bits per heavy atom. The molecule has 0 radical (unpaired) electrons. The maximum absolute atomic E-state index is 13.2. The molecule has 1 aliphatic rings. The fourth-order valence-corrected chi connectivity index (χ4v) is 1.34. The lowest BCUT2D eigenvalue weighted by molar-refractivity contribution is 0.0946. The van der Waals surface area contributed by atoms with Crippen LogP contribution in [0.1, 0.15) is 23.2 Å². The average Bonchev–Trinajstić information content (AvgIpc) is 2.95. The second kappa shape index (κ2) is 3.77. The van der Waals surface area contributed by atoms with Crippen LogP contribution in [0, 0.1) is 11.6 Å². The third kappa shape index (κ3) is 2.26. The van der Waals surface area contributed by atoms with Crippen molar-refractivity contribution < 1.29 is 13.6 Å². The van der Waals surface area contributed by atoms with Crippen molar-refractivity contribution in [1.29, 1.82) is 0 Å². The zero-order chi connectivity index (χ0) is 11.0. The van der Waals surface area contributed by atoms with Crippen LogP contribution in [-0.2, 0) is 0 Å². The Kier molecular flexibility index (Phi) is 2.61. The molecule has 1 aromatic carbocycles. The van der Waals surface area contributed by atoms with Crippen LogP contribution in [0.5, 0.6) is 0 Å². The molecule has 5 heteroatoms. The predicted molar refractivity (Wildman–Crippen MR) is 51.9 cm³/mol. The van der Waals surface area contributed by atoms with Gasteiger partial charge in [-0.15, -0.1) is 0 Å². The highest BCUT2D eigenvalue weighted by atomic mass is 35.5. The predicted octanol–water partition coefficient (Wildman–Crippen LogP) is 2.51. The molecular formula is C10H8ClF2NO. The summed E-state index contributed by atoms with van der Waals surface area (Å²) < 4.78 is 26.2. The van der Waals surface area contributed by atoms with Crippen LogP contribution in [0.25, 0.3) is 0 Å². The van der Waals surface area contributed by atoms with E-state index in [9.17, 15) is 13.6 Å². The van der Waals surface area contributed by atoms with Gasteiger partial charge in [-0.1, -0.05) is 11.6 Å². The van der Waals surface area contributed by atoms with E-state index in [1.807, 2.05) is 0 Å². The van der Waals surface area contributed by atoms with Gasteiger partial charge in [0.1, 0.15) is 11.6 Å². The maximum atomic E-state index is 13.2. The first kappa shape index (κ1) is 10.4. The lowest BCUT2D eigenvalue weighted by atomic mass is 10.2. The molecule has 0 aromatic heterocycles. The molecule has 1 aromatic rings. The minimum Gasteiger partial charge on any atom is -0.349 e. The van der Waals surface area contributed by atoms with E-state index in [2.05, 4.69) is 5.32 Å². The van der Waals surface area contributed by atoms with Crippen LogP contribution < -0.4 is 5.32 Å². The average molecular weight is 232 g/mol. The number of amides is 1. The topological polar surface area (TPSA) is 29.1 Å². The number of nitrogens with one attached hydrogen (secondary N) is 1. The number of carbonyl (C=O) groups is 1. The SMILES string of the molecule is O=C(NC1CC1)c1cc(F)c(Cl)cc1F. The largest absolute Gasteiger partial charge is 0.349 e. The smallest absolute Gasteiger partial charge is 0.254 e. The molecule has 80 valence electrons. The second-order valence-corrected chi connectivity index (χ2v) is 3.90. The molecule has 1 N–H and O–H groups in total. The van der Waals surface area contributed by atoms with Crippen molar-refractivity contribution in [2.75, 3.05) is 0 Å². The molecule has 0 bridgehead atoms. The Morgan fingerprint density at radius 2 is 2.00 bits per heavy atom. The minimum atomic E-state index is -0.806. The zero-order valence-corrected chi connectivity index (χ0v) is 8.44. The Balaban J connectivity index is 2.25. The van der Waals surface area contributed by atoms with E-state index in [0.717, 1.165) is 25.0 Å². The van der Waals surface area contributed by atoms with Gasteiger partial charge in [0, 0.05) is 6.04 Å². The van der Waals surface area contributed by atoms with Crippen molar-refractivity contribution in [3.63, 3.8) is 0 Å². The summed E-state index contributed by atoms with van der Waals surface area (Å²) >= 11 is 5.36. The van der Waals surface area contributed by atoms with Crippen molar-refractivity contribution >= 4 is 17.5 Å². The van der Waals surface area contributed by atoms with Crippen LogP contribution in [0.2, 0.25) is 5.02 Å². The fraction of sp³-hybridized carbons (Fsp3) is 0.300. The van der Waals surface area contributed by atoms with Crippen molar-refractivity contribution in [2.45, 2.75) is 18.9 Å².